The van der Waals surface area contributed by atoms with Crippen molar-refractivity contribution in [2.75, 3.05) is 18.2 Å². The highest BCUT2D eigenvalue weighted by molar-refractivity contribution is 6.04. The number of hydrogen-bond acceptors (Lipinski definition) is 4. The van der Waals surface area contributed by atoms with E-state index in [1.54, 1.807) is 12.1 Å². The van der Waals surface area contributed by atoms with Gasteiger partial charge in [-0.2, -0.15) is 0 Å². The van der Waals surface area contributed by atoms with Crippen molar-refractivity contribution in [2.45, 2.75) is 0 Å². The fraction of sp³-hybridized carbons (Fsp3) is 0.0769. The zero-order valence-corrected chi connectivity index (χ0v) is 10.2. The van der Waals surface area contributed by atoms with Gasteiger partial charge in [-0.15, -0.1) is 0 Å². The molecule has 0 atom stereocenters. The number of pyridine rings is 1. The minimum absolute atomic E-state index is 0.0716. The van der Waals surface area contributed by atoms with Crippen molar-refractivity contribution in [1.82, 2.24) is 4.98 Å². The Balaban J connectivity index is 2.18. The molecule has 5 nitrogen and oxygen atoms in total. The Labute approximate surface area is 109 Å². The van der Waals surface area contributed by atoms with Gasteiger partial charge in [-0.05, 0) is 24.3 Å². The fourth-order valence-electron chi connectivity index (χ4n) is 1.48. The summed E-state index contributed by atoms with van der Waals surface area (Å²) in [6, 6.07) is 7.14. The van der Waals surface area contributed by atoms with Gasteiger partial charge in [0.15, 0.2) is 0 Å². The van der Waals surface area contributed by atoms with E-state index in [9.17, 15) is 9.18 Å². The lowest BCUT2D eigenvalue weighted by Gasteiger charge is -2.07. The van der Waals surface area contributed by atoms with Crippen LogP contribution in [0.2, 0.25) is 0 Å². The Morgan fingerprint density at radius 2 is 2.16 bits per heavy atom. The van der Waals surface area contributed by atoms with Crippen LogP contribution in [0.3, 0.4) is 0 Å². The number of methoxy groups -OCH3 is 1. The van der Waals surface area contributed by atoms with E-state index in [2.05, 4.69) is 10.3 Å². The number of carbonyl (C=O) groups is 1. The van der Waals surface area contributed by atoms with Gasteiger partial charge in [0, 0.05) is 6.07 Å². The van der Waals surface area contributed by atoms with Crippen LogP contribution in [-0.2, 0) is 0 Å². The van der Waals surface area contributed by atoms with Crippen LogP contribution < -0.4 is 15.8 Å². The van der Waals surface area contributed by atoms with Crippen molar-refractivity contribution in [3.63, 3.8) is 0 Å². The SMILES string of the molecule is COc1ccc(C(=O)Nc2ccc(N)nc2)c(F)c1. The molecule has 0 spiro atoms. The third-order valence-corrected chi connectivity index (χ3v) is 2.47. The second kappa shape index (κ2) is 5.34. The summed E-state index contributed by atoms with van der Waals surface area (Å²) in [4.78, 5) is 15.7. The highest BCUT2D eigenvalue weighted by Gasteiger charge is 2.12. The summed E-state index contributed by atoms with van der Waals surface area (Å²) in [6.07, 6.45) is 1.40. The summed E-state index contributed by atoms with van der Waals surface area (Å²) < 4.78 is 18.5. The lowest BCUT2D eigenvalue weighted by Crippen LogP contribution is -2.14. The number of ether oxygens (including phenoxy) is 1. The summed E-state index contributed by atoms with van der Waals surface area (Å²) in [7, 11) is 1.43. The zero-order chi connectivity index (χ0) is 13.8. The van der Waals surface area contributed by atoms with Gasteiger partial charge in [0.2, 0.25) is 0 Å². The normalized spacial score (nSPS) is 10.0. The van der Waals surface area contributed by atoms with Gasteiger partial charge in [0.05, 0.1) is 24.6 Å². The van der Waals surface area contributed by atoms with Crippen LogP contribution in [0.1, 0.15) is 10.4 Å². The molecule has 1 aromatic heterocycles. The van der Waals surface area contributed by atoms with Crippen LogP contribution in [0.15, 0.2) is 36.5 Å². The molecular formula is C13H12FN3O2. The number of nitrogen functional groups attached to an aromatic ring is 1. The Kier molecular flexibility index (Phi) is 3.61. The number of rotatable bonds is 3. The number of nitrogens with zero attached hydrogens (tertiary/aromatic N) is 1. The first kappa shape index (κ1) is 12.8. The van der Waals surface area contributed by atoms with Crippen molar-refractivity contribution in [3.8, 4) is 5.75 Å². The quantitative estimate of drug-likeness (QED) is 0.886. The Hall–Kier alpha value is -2.63. The molecule has 0 aliphatic heterocycles. The third kappa shape index (κ3) is 2.98. The molecule has 6 heteroatoms. The molecule has 19 heavy (non-hydrogen) atoms. The summed E-state index contributed by atoms with van der Waals surface area (Å²) >= 11 is 0. The van der Waals surface area contributed by atoms with Crippen LogP contribution in [-0.4, -0.2) is 18.0 Å². The van der Waals surface area contributed by atoms with Gasteiger partial charge >= 0.3 is 0 Å². The van der Waals surface area contributed by atoms with Crippen LogP contribution in [0.5, 0.6) is 5.75 Å². The number of halogens is 1. The molecule has 1 aromatic carbocycles. The molecule has 0 saturated heterocycles. The first-order chi connectivity index (χ1) is 9.10. The van der Waals surface area contributed by atoms with Gasteiger partial charge in [-0.3, -0.25) is 4.79 Å². The van der Waals surface area contributed by atoms with E-state index in [-0.39, 0.29) is 5.56 Å². The Morgan fingerprint density at radius 3 is 2.74 bits per heavy atom. The molecule has 0 radical (unpaired) electrons. The second-order valence-corrected chi connectivity index (χ2v) is 3.77. The summed E-state index contributed by atoms with van der Waals surface area (Å²) in [5.41, 5.74) is 5.79. The van der Waals surface area contributed by atoms with Gasteiger partial charge in [0.25, 0.3) is 5.91 Å². The Morgan fingerprint density at radius 1 is 1.37 bits per heavy atom. The molecular weight excluding hydrogens is 249 g/mol. The summed E-state index contributed by atoms with van der Waals surface area (Å²) in [5, 5.41) is 2.53. The predicted octanol–water partition coefficient (Wildman–Crippen LogP) is 2.06. The van der Waals surface area contributed by atoms with Crippen LogP contribution in [0.4, 0.5) is 15.9 Å². The summed E-state index contributed by atoms with van der Waals surface area (Å²) in [5.74, 6) is -0.524. The average Bonchev–Trinajstić information content (AvgIpc) is 2.41. The number of amides is 1. The maximum Gasteiger partial charge on any atom is 0.258 e. The lowest BCUT2D eigenvalue weighted by atomic mass is 10.2. The van der Waals surface area contributed by atoms with E-state index < -0.39 is 11.7 Å². The first-order valence-corrected chi connectivity index (χ1v) is 5.46. The van der Waals surface area contributed by atoms with Crippen LogP contribution in [0, 0.1) is 5.82 Å². The first-order valence-electron chi connectivity index (χ1n) is 5.46. The molecule has 1 heterocycles. The van der Waals surface area contributed by atoms with Crippen LogP contribution in [0.25, 0.3) is 0 Å². The monoisotopic (exact) mass is 261 g/mol. The van der Waals surface area contributed by atoms with E-state index in [1.165, 1.54) is 25.4 Å². The summed E-state index contributed by atoms with van der Waals surface area (Å²) in [6.45, 7) is 0. The van der Waals surface area contributed by atoms with E-state index in [1.807, 2.05) is 0 Å². The number of nitrogens with two attached hydrogens (primary N) is 1. The molecule has 0 fully saturated rings. The maximum atomic E-state index is 13.7. The molecule has 2 aromatic rings. The maximum absolute atomic E-state index is 13.7. The van der Waals surface area contributed by atoms with Crippen molar-refractivity contribution in [3.05, 3.63) is 47.9 Å². The Bertz CT molecular complexity index is 599. The zero-order valence-electron chi connectivity index (χ0n) is 10.2. The topological polar surface area (TPSA) is 77.2 Å². The van der Waals surface area contributed by atoms with E-state index in [0.717, 1.165) is 6.07 Å². The smallest absolute Gasteiger partial charge is 0.258 e. The number of nitrogens with one attached hydrogen (secondary N) is 1. The van der Waals surface area contributed by atoms with Crippen LogP contribution >= 0.6 is 0 Å². The molecule has 98 valence electrons. The molecule has 1 amide bonds. The molecule has 3 N–H and O–H groups in total. The third-order valence-electron chi connectivity index (χ3n) is 2.47. The fourth-order valence-corrected chi connectivity index (χ4v) is 1.48. The minimum atomic E-state index is -0.653. The van der Waals surface area contributed by atoms with Crippen molar-refractivity contribution < 1.29 is 13.9 Å². The predicted molar refractivity (Wildman–Crippen MR) is 69.6 cm³/mol. The number of aromatic nitrogens is 1. The molecule has 0 aliphatic rings. The largest absolute Gasteiger partial charge is 0.497 e. The highest BCUT2D eigenvalue weighted by atomic mass is 19.1. The number of carbonyl (C=O) groups excluding carboxylic acids is 1. The number of hydrogen-bond donors (Lipinski definition) is 2. The standard InChI is InChI=1S/C13H12FN3O2/c1-19-9-3-4-10(11(14)6-9)13(18)17-8-2-5-12(15)16-7-8/h2-7H,1H3,(H2,15,16)(H,17,18). The van der Waals surface area contributed by atoms with Crippen molar-refractivity contribution >= 4 is 17.4 Å². The highest BCUT2D eigenvalue weighted by Crippen LogP contribution is 2.17. The average molecular weight is 261 g/mol. The second-order valence-electron chi connectivity index (χ2n) is 3.77. The van der Waals surface area contributed by atoms with E-state index >= 15 is 0 Å². The molecule has 0 unspecified atom stereocenters. The van der Waals surface area contributed by atoms with Gasteiger partial charge in [0.1, 0.15) is 17.4 Å². The molecule has 0 bridgehead atoms. The van der Waals surface area contributed by atoms with Gasteiger partial charge in [-0.25, -0.2) is 9.37 Å². The minimum Gasteiger partial charge on any atom is -0.497 e. The van der Waals surface area contributed by atoms with E-state index in [4.69, 9.17) is 10.5 Å². The molecule has 2 rings (SSSR count). The number of benzene rings is 1. The molecule has 0 saturated carbocycles. The van der Waals surface area contributed by atoms with Crippen molar-refractivity contribution in [1.29, 1.82) is 0 Å². The van der Waals surface area contributed by atoms with Gasteiger partial charge < -0.3 is 15.8 Å². The molecule has 0 aliphatic carbocycles. The van der Waals surface area contributed by atoms with Crippen molar-refractivity contribution in [2.24, 2.45) is 0 Å². The number of anilines is 2. The lowest BCUT2D eigenvalue weighted by molar-refractivity contribution is 0.102. The van der Waals surface area contributed by atoms with E-state index in [0.29, 0.717) is 17.3 Å². The van der Waals surface area contributed by atoms with Gasteiger partial charge in [-0.1, -0.05) is 0 Å².